The first kappa shape index (κ1) is 20.4. The van der Waals surface area contributed by atoms with Crippen molar-refractivity contribution in [1.29, 1.82) is 0 Å². The van der Waals surface area contributed by atoms with Crippen LogP contribution in [0.5, 0.6) is 17.2 Å². The molecule has 0 aliphatic heterocycles. The summed E-state index contributed by atoms with van der Waals surface area (Å²) in [6, 6.07) is 11.4. The van der Waals surface area contributed by atoms with Gasteiger partial charge in [0.05, 0.1) is 12.1 Å². The molecule has 0 fully saturated rings. The van der Waals surface area contributed by atoms with Crippen molar-refractivity contribution in [2.24, 2.45) is 4.99 Å². The number of ether oxygens (including phenoxy) is 3. The van der Waals surface area contributed by atoms with E-state index in [0.717, 1.165) is 23.3 Å². The number of nitrogens with zero attached hydrogens (tertiary/aromatic N) is 3. The van der Waals surface area contributed by atoms with Gasteiger partial charge in [0, 0.05) is 6.21 Å². The number of aliphatic imine (C=N–C) groups is 1. The minimum absolute atomic E-state index is 0.310. The van der Waals surface area contributed by atoms with E-state index >= 15 is 0 Å². The Labute approximate surface area is 174 Å². The highest BCUT2D eigenvalue weighted by Gasteiger charge is 2.12. The van der Waals surface area contributed by atoms with E-state index in [1.807, 2.05) is 30.3 Å². The number of rotatable bonds is 10. The van der Waals surface area contributed by atoms with E-state index in [-0.39, 0.29) is 0 Å². The fourth-order valence-electron chi connectivity index (χ4n) is 2.62. The number of hydrogen-bond acceptors (Lipinski definition) is 6. The van der Waals surface area contributed by atoms with Crippen LogP contribution in [0.25, 0.3) is 0 Å². The zero-order valence-electron chi connectivity index (χ0n) is 16.0. The smallest absolute Gasteiger partial charge is 0.245 e. The van der Waals surface area contributed by atoms with Gasteiger partial charge >= 0.3 is 0 Å². The number of allylic oxidation sites excluding steroid dienone is 1. The number of nitrogens with one attached hydrogen (secondary N) is 1. The summed E-state index contributed by atoms with van der Waals surface area (Å²) >= 11 is 6.38. The Morgan fingerprint density at radius 1 is 1.17 bits per heavy atom. The van der Waals surface area contributed by atoms with E-state index in [2.05, 4.69) is 26.8 Å². The van der Waals surface area contributed by atoms with Gasteiger partial charge in [0.2, 0.25) is 5.95 Å². The zero-order chi connectivity index (χ0) is 20.5. The molecule has 29 heavy (non-hydrogen) atoms. The van der Waals surface area contributed by atoms with E-state index in [0.29, 0.717) is 35.7 Å². The largest absolute Gasteiger partial charge is 0.493 e. The van der Waals surface area contributed by atoms with Crippen LogP contribution >= 0.6 is 11.6 Å². The average molecular weight is 413 g/mol. The van der Waals surface area contributed by atoms with Gasteiger partial charge in [0.15, 0.2) is 11.5 Å². The summed E-state index contributed by atoms with van der Waals surface area (Å²) in [5, 5.41) is 6.81. The van der Waals surface area contributed by atoms with Crippen molar-refractivity contribution in [3.05, 3.63) is 71.5 Å². The molecule has 0 atom stereocenters. The summed E-state index contributed by atoms with van der Waals surface area (Å²) < 4.78 is 17.1. The van der Waals surface area contributed by atoms with E-state index in [4.69, 9.17) is 25.8 Å². The molecule has 3 aromatic rings. The normalized spacial score (nSPS) is 10.8. The highest BCUT2D eigenvalue weighted by molar-refractivity contribution is 6.32. The fraction of sp³-hybridized carbons (Fsp3) is 0.190. The highest BCUT2D eigenvalue weighted by Crippen LogP contribution is 2.36. The molecule has 0 bridgehead atoms. The van der Waals surface area contributed by atoms with E-state index in [1.165, 1.54) is 6.33 Å². The molecule has 8 heteroatoms. The van der Waals surface area contributed by atoms with E-state index < -0.39 is 0 Å². The van der Waals surface area contributed by atoms with Crippen molar-refractivity contribution in [3.8, 4) is 17.2 Å². The first-order valence-corrected chi connectivity index (χ1v) is 9.30. The Kier molecular flexibility index (Phi) is 7.24. The van der Waals surface area contributed by atoms with Crippen molar-refractivity contribution >= 4 is 23.8 Å². The number of methoxy groups -OCH3 is 1. The first-order chi connectivity index (χ1) is 14.2. The summed E-state index contributed by atoms with van der Waals surface area (Å²) in [6.07, 6.45) is 5.58. The first-order valence-electron chi connectivity index (χ1n) is 8.92. The molecule has 0 radical (unpaired) electrons. The molecule has 0 saturated heterocycles. The van der Waals surface area contributed by atoms with E-state index in [1.54, 1.807) is 25.5 Å². The van der Waals surface area contributed by atoms with Crippen LogP contribution in [-0.2, 0) is 6.42 Å². The summed E-state index contributed by atoms with van der Waals surface area (Å²) in [6.45, 7) is 4.44. The summed E-state index contributed by atoms with van der Waals surface area (Å²) in [5.74, 6) is 2.17. The van der Waals surface area contributed by atoms with Gasteiger partial charge in [-0.05, 0) is 35.7 Å². The van der Waals surface area contributed by atoms with Crippen molar-refractivity contribution < 1.29 is 14.2 Å². The van der Waals surface area contributed by atoms with Gasteiger partial charge in [0.25, 0.3) is 0 Å². The van der Waals surface area contributed by atoms with Crippen LogP contribution in [-0.4, -0.2) is 41.7 Å². The van der Waals surface area contributed by atoms with Crippen molar-refractivity contribution in [1.82, 2.24) is 15.2 Å². The van der Waals surface area contributed by atoms with Crippen LogP contribution in [0.3, 0.4) is 0 Å². The molecule has 7 nitrogen and oxygen atoms in total. The summed E-state index contributed by atoms with van der Waals surface area (Å²) in [5.41, 5.74) is 1.82. The maximum Gasteiger partial charge on any atom is 0.245 e. The average Bonchev–Trinajstić information content (AvgIpc) is 3.25. The molecule has 3 rings (SSSR count). The van der Waals surface area contributed by atoms with Gasteiger partial charge in [0.1, 0.15) is 25.3 Å². The molecule has 0 aliphatic carbocycles. The molecule has 0 spiro atoms. The molecule has 1 aromatic heterocycles. The third-order valence-corrected chi connectivity index (χ3v) is 4.19. The monoisotopic (exact) mass is 412 g/mol. The van der Waals surface area contributed by atoms with Crippen LogP contribution in [0.4, 0.5) is 5.95 Å². The molecule has 150 valence electrons. The lowest BCUT2D eigenvalue weighted by Gasteiger charge is -2.14. The molecular weight excluding hydrogens is 392 g/mol. The lowest BCUT2D eigenvalue weighted by atomic mass is 10.1. The van der Waals surface area contributed by atoms with Crippen molar-refractivity contribution in [2.45, 2.75) is 6.42 Å². The van der Waals surface area contributed by atoms with Gasteiger partial charge < -0.3 is 14.2 Å². The molecule has 2 aromatic carbocycles. The second kappa shape index (κ2) is 10.3. The Hall–Kier alpha value is -3.32. The molecular formula is C21H21ClN4O3. The Morgan fingerprint density at radius 3 is 2.76 bits per heavy atom. The minimum atomic E-state index is 0.310. The maximum absolute atomic E-state index is 6.38. The van der Waals surface area contributed by atoms with Crippen LogP contribution in [0, 0.1) is 0 Å². The standard InChI is InChI=1S/C21H21ClN4O3/c1-3-6-16-7-4-5-8-18(16)28-9-10-29-20-17(22)11-15(12-19(20)27-2)13-23-21-24-14-25-26-21/h3-5,7-8,11-14H,1,6,9-10H2,2H3,(H,24,25,26)/b23-13+. The second-order valence-corrected chi connectivity index (χ2v) is 6.31. The van der Waals surface area contributed by atoms with Crippen LogP contribution < -0.4 is 14.2 Å². The molecule has 0 aliphatic rings. The van der Waals surface area contributed by atoms with Gasteiger partial charge in [-0.25, -0.2) is 10.1 Å². The van der Waals surface area contributed by atoms with Crippen LogP contribution in [0.2, 0.25) is 5.02 Å². The predicted octanol–water partition coefficient (Wildman–Crippen LogP) is 4.40. The second-order valence-electron chi connectivity index (χ2n) is 5.90. The number of aromatic amines is 1. The fourth-order valence-corrected chi connectivity index (χ4v) is 2.89. The Balaban J connectivity index is 1.62. The van der Waals surface area contributed by atoms with Gasteiger partial charge in [-0.3, -0.25) is 0 Å². The predicted molar refractivity (Wildman–Crippen MR) is 113 cm³/mol. The molecule has 0 amide bonds. The molecule has 0 saturated carbocycles. The lowest BCUT2D eigenvalue weighted by Crippen LogP contribution is -2.11. The third-order valence-electron chi connectivity index (χ3n) is 3.91. The molecule has 0 unspecified atom stereocenters. The third kappa shape index (κ3) is 5.58. The van der Waals surface area contributed by atoms with E-state index in [9.17, 15) is 0 Å². The number of halogens is 1. The van der Waals surface area contributed by atoms with Crippen molar-refractivity contribution in [3.63, 3.8) is 0 Å². The van der Waals surface area contributed by atoms with Crippen LogP contribution in [0.15, 0.2) is 60.4 Å². The molecule has 1 N–H and O–H groups in total. The summed E-state index contributed by atoms with van der Waals surface area (Å²) in [4.78, 5) is 8.11. The quantitative estimate of drug-likeness (QED) is 0.303. The molecule has 1 heterocycles. The zero-order valence-corrected chi connectivity index (χ0v) is 16.7. The van der Waals surface area contributed by atoms with Crippen LogP contribution in [0.1, 0.15) is 11.1 Å². The minimum Gasteiger partial charge on any atom is -0.493 e. The number of H-pyrrole nitrogens is 1. The number of para-hydroxylation sites is 1. The number of aromatic nitrogens is 3. The highest BCUT2D eigenvalue weighted by atomic mass is 35.5. The lowest BCUT2D eigenvalue weighted by molar-refractivity contribution is 0.210. The Morgan fingerprint density at radius 2 is 2.00 bits per heavy atom. The Bertz CT molecular complexity index is 974. The van der Waals surface area contributed by atoms with Crippen molar-refractivity contribution in [2.75, 3.05) is 20.3 Å². The maximum atomic E-state index is 6.38. The van der Waals surface area contributed by atoms with Gasteiger partial charge in [-0.1, -0.05) is 35.9 Å². The number of hydrogen-bond donors (Lipinski definition) is 1. The topological polar surface area (TPSA) is 81.6 Å². The number of benzene rings is 2. The van der Waals surface area contributed by atoms with Gasteiger partial charge in [-0.15, -0.1) is 6.58 Å². The van der Waals surface area contributed by atoms with Gasteiger partial charge in [-0.2, -0.15) is 10.1 Å². The summed E-state index contributed by atoms with van der Waals surface area (Å²) in [7, 11) is 1.55. The SMILES string of the molecule is C=CCc1ccccc1OCCOc1c(Cl)cc(/C=N/c2ncn[nH]2)cc1OC.